The molecule has 0 bridgehead atoms. The van der Waals surface area contributed by atoms with E-state index in [1.165, 1.54) is 4.90 Å². The zero-order valence-corrected chi connectivity index (χ0v) is 15.1. The molecule has 0 unspecified atom stereocenters. The summed E-state index contributed by atoms with van der Waals surface area (Å²) in [6, 6.07) is 14.5. The molecule has 138 valence electrons. The monoisotopic (exact) mass is 363 g/mol. The van der Waals surface area contributed by atoms with Crippen LogP contribution >= 0.6 is 0 Å². The number of aromatic amines is 1. The van der Waals surface area contributed by atoms with E-state index in [-0.39, 0.29) is 18.2 Å². The van der Waals surface area contributed by atoms with Crippen LogP contribution in [0.2, 0.25) is 0 Å². The van der Waals surface area contributed by atoms with Gasteiger partial charge in [-0.05, 0) is 42.3 Å². The topological polar surface area (TPSA) is 74.4 Å². The molecule has 1 aliphatic heterocycles. The number of amides is 2. The van der Waals surface area contributed by atoms with Crippen molar-refractivity contribution in [3.05, 3.63) is 60.3 Å². The highest BCUT2D eigenvalue weighted by molar-refractivity contribution is 6.22. The number of hydrogen-bond acceptors (Lipinski definition) is 4. The van der Waals surface area contributed by atoms with E-state index < -0.39 is 6.04 Å². The predicted molar refractivity (Wildman–Crippen MR) is 104 cm³/mol. The summed E-state index contributed by atoms with van der Waals surface area (Å²) >= 11 is 0. The minimum absolute atomic E-state index is 0.166. The van der Waals surface area contributed by atoms with Gasteiger partial charge in [0.25, 0.3) is 5.91 Å². The number of benzene rings is 2. The summed E-state index contributed by atoms with van der Waals surface area (Å²) in [5, 5.41) is 4.34. The van der Waals surface area contributed by atoms with Crippen LogP contribution in [0.4, 0.5) is 5.69 Å². The van der Waals surface area contributed by atoms with Crippen molar-refractivity contribution in [3.8, 4) is 5.75 Å². The lowest BCUT2D eigenvalue weighted by Crippen LogP contribution is -2.39. The van der Waals surface area contributed by atoms with E-state index in [1.54, 1.807) is 19.2 Å². The highest BCUT2D eigenvalue weighted by Gasteiger charge is 2.38. The molecule has 2 aromatic carbocycles. The second-order valence-corrected chi connectivity index (χ2v) is 6.59. The van der Waals surface area contributed by atoms with Crippen molar-refractivity contribution in [2.75, 3.05) is 18.6 Å². The summed E-state index contributed by atoms with van der Waals surface area (Å²) in [5.41, 5.74) is 2.82. The van der Waals surface area contributed by atoms with Gasteiger partial charge in [-0.1, -0.05) is 18.2 Å². The molecule has 6 nitrogen and oxygen atoms in total. The van der Waals surface area contributed by atoms with E-state index in [0.29, 0.717) is 12.2 Å². The lowest BCUT2D eigenvalue weighted by molar-refractivity contribution is -0.121. The maximum Gasteiger partial charge on any atom is 0.251 e. The first-order valence-electron chi connectivity index (χ1n) is 8.96. The van der Waals surface area contributed by atoms with Crippen molar-refractivity contribution in [3.63, 3.8) is 0 Å². The van der Waals surface area contributed by atoms with Crippen molar-refractivity contribution in [1.29, 1.82) is 0 Å². The van der Waals surface area contributed by atoms with Crippen LogP contribution in [0.1, 0.15) is 12.0 Å². The molecule has 2 amide bonds. The molecule has 3 aromatic rings. The molecule has 0 saturated carbocycles. The van der Waals surface area contributed by atoms with Crippen LogP contribution in [0.15, 0.2) is 54.7 Å². The number of hydrogen-bond donors (Lipinski definition) is 2. The summed E-state index contributed by atoms with van der Waals surface area (Å²) in [5.74, 6) is 0.457. The number of nitrogens with one attached hydrogen (secondary N) is 2. The van der Waals surface area contributed by atoms with Crippen molar-refractivity contribution >= 4 is 28.4 Å². The first-order chi connectivity index (χ1) is 13.2. The van der Waals surface area contributed by atoms with E-state index in [2.05, 4.69) is 10.3 Å². The first kappa shape index (κ1) is 17.3. The maximum absolute atomic E-state index is 12.6. The van der Waals surface area contributed by atoms with E-state index in [1.807, 2.05) is 42.6 Å². The second-order valence-electron chi connectivity index (χ2n) is 6.59. The highest BCUT2D eigenvalue weighted by Crippen LogP contribution is 2.25. The number of aromatic nitrogens is 1. The van der Waals surface area contributed by atoms with Gasteiger partial charge in [-0.15, -0.1) is 0 Å². The molecule has 0 spiro atoms. The Hall–Kier alpha value is -3.12. The fourth-order valence-corrected chi connectivity index (χ4v) is 3.51. The number of carbonyl (C=O) groups is 2. The van der Waals surface area contributed by atoms with Crippen molar-refractivity contribution in [2.24, 2.45) is 0 Å². The number of imide groups is 1. The molecule has 1 atom stereocenters. The Morgan fingerprint density at radius 3 is 2.78 bits per heavy atom. The number of ether oxygens (including phenoxy) is 1. The van der Waals surface area contributed by atoms with Gasteiger partial charge in [0.2, 0.25) is 5.91 Å². The highest BCUT2D eigenvalue weighted by atomic mass is 16.5. The number of nitrogens with zero attached hydrogens (tertiary/aromatic N) is 1. The second kappa shape index (κ2) is 7.25. The molecule has 2 heterocycles. The summed E-state index contributed by atoms with van der Waals surface area (Å²) in [6.45, 7) is 0.608. The predicted octanol–water partition coefficient (Wildman–Crippen LogP) is 2.64. The Labute approximate surface area is 157 Å². The molecule has 0 aliphatic carbocycles. The molecule has 1 saturated heterocycles. The fraction of sp³-hybridized carbons (Fsp3) is 0.238. The number of H-pyrrole nitrogens is 1. The van der Waals surface area contributed by atoms with E-state index in [9.17, 15) is 9.59 Å². The standard InChI is InChI=1S/C21H21N3O3/c1-27-16-7-8-18-17(11-16)14(13-23-18)9-10-22-19-12-20(25)24(21(19)26)15-5-3-2-4-6-15/h2-8,11,13,19,22-23H,9-10,12H2,1H3/t19-/m1/s1. The summed E-state index contributed by atoms with van der Waals surface area (Å²) in [4.78, 5) is 29.4. The summed E-state index contributed by atoms with van der Waals surface area (Å²) in [7, 11) is 1.65. The number of para-hydroxylation sites is 1. The zero-order valence-electron chi connectivity index (χ0n) is 15.1. The molecule has 4 rings (SSSR count). The molecule has 1 fully saturated rings. The van der Waals surface area contributed by atoms with Crippen LogP contribution in [-0.2, 0) is 16.0 Å². The third-order valence-corrected chi connectivity index (χ3v) is 4.92. The summed E-state index contributed by atoms with van der Waals surface area (Å²) in [6.07, 6.45) is 2.91. The zero-order chi connectivity index (χ0) is 18.8. The fourth-order valence-electron chi connectivity index (χ4n) is 3.51. The third kappa shape index (κ3) is 3.31. The number of anilines is 1. The van der Waals surface area contributed by atoms with Gasteiger partial charge >= 0.3 is 0 Å². The number of rotatable bonds is 6. The Balaban J connectivity index is 1.41. The molecule has 6 heteroatoms. The molecule has 27 heavy (non-hydrogen) atoms. The van der Waals surface area contributed by atoms with Crippen LogP contribution in [0.5, 0.6) is 5.75 Å². The Morgan fingerprint density at radius 1 is 1.19 bits per heavy atom. The van der Waals surface area contributed by atoms with Gasteiger partial charge in [-0.2, -0.15) is 0 Å². The average molecular weight is 363 g/mol. The van der Waals surface area contributed by atoms with Gasteiger partial charge in [-0.3, -0.25) is 9.59 Å². The van der Waals surface area contributed by atoms with Crippen LogP contribution in [0, 0.1) is 0 Å². The number of methoxy groups -OCH3 is 1. The smallest absolute Gasteiger partial charge is 0.251 e. The van der Waals surface area contributed by atoms with Crippen LogP contribution in [0.3, 0.4) is 0 Å². The Bertz CT molecular complexity index is 981. The Kier molecular flexibility index (Phi) is 4.64. The lowest BCUT2D eigenvalue weighted by Gasteiger charge is -2.15. The van der Waals surface area contributed by atoms with Gasteiger partial charge in [0.05, 0.1) is 25.3 Å². The number of fused-ring (bicyclic) bond motifs is 1. The molecule has 0 radical (unpaired) electrons. The Morgan fingerprint density at radius 2 is 2.00 bits per heavy atom. The molecule has 1 aromatic heterocycles. The normalized spacial score (nSPS) is 17.1. The largest absolute Gasteiger partial charge is 0.497 e. The van der Waals surface area contributed by atoms with Gasteiger partial charge in [0, 0.05) is 23.6 Å². The number of carbonyl (C=O) groups excluding carboxylic acids is 2. The quantitative estimate of drug-likeness (QED) is 0.660. The van der Waals surface area contributed by atoms with Crippen LogP contribution < -0.4 is 15.0 Å². The van der Waals surface area contributed by atoms with E-state index >= 15 is 0 Å². The van der Waals surface area contributed by atoms with Gasteiger partial charge < -0.3 is 15.0 Å². The van der Waals surface area contributed by atoms with E-state index in [0.717, 1.165) is 28.6 Å². The van der Waals surface area contributed by atoms with Gasteiger partial charge in [0.1, 0.15) is 5.75 Å². The van der Waals surface area contributed by atoms with Crippen LogP contribution in [0.25, 0.3) is 10.9 Å². The minimum Gasteiger partial charge on any atom is -0.497 e. The average Bonchev–Trinajstić information content (AvgIpc) is 3.22. The maximum atomic E-state index is 12.6. The molecular formula is C21H21N3O3. The van der Waals surface area contributed by atoms with Gasteiger partial charge in [0.15, 0.2) is 0 Å². The lowest BCUT2D eigenvalue weighted by atomic mass is 10.1. The van der Waals surface area contributed by atoms with E-state index in [4.69, 9.17) is 4.74 Å². The SMILES string of the molecule is COc1ccc2[nH]cc(CCN[C@@H]3CC(=O)N(c4ccccc4)C3=O)c2c1. The summed E-state index contributed by atoms with van der Waals surface area (Å²) < 4.78 is 5.29. The van der Waals surface area contributed by atoms with Crippen molar-refractivity contribution in [1.82, 2.24) is 10.3 Å². The van der Waals surface area contributed by atoms with Gasteiger partial charge in [-0.25, -0.2) is 4.90 Å². The minimum atomic E-state index is -0.475. The van der Waals surface area contributed by atoms with Crippen LogP contribution in [-0.4, -0.2) is 36.5 Å². The molecular weight excluding hydrogens is 342 g/mol. The third-order valence-electron chi connectivity index (χ3n) is 4.92. The first-order valence-corrected chi connectivity index (χ1v) is 8.96. The molecule has 1 aliphatic rings. The van der Waals surface area contributed by atoms with Crippen molar-refractivity contribution in [2.45, 2.75) is 18.9 Å². The van der Waals surface area contributed by atoms with Crippen molar-refractivity contribution < 1.29 is 14.3 Å². The molecule has 2 N–H and O–H groups in total.